The highest BCUT2D eigenvalue weighted by Gasteiger charge is 2.51. The quantitative estimate of drug-likeness (QED) is 0.463. The summed E-state index contributed by atoms with van der Waals surface area (Å²) < 4.78 is 6.86. The van der Waals surface area contributed by atoms with Crippen molar-refractivity contribution < 1.29 is 4.43 Å². The Labute approximate surface area is 127 Å². The Bertz CT molecular complexity index is 391. The lowest BCUT2D eigenvalue weighted by molar-refractivity contribution is -0.00881. The molecule has 2 aliphatic rings. The number of fused-ring (bicyclic) bond motifs is 1. The van der Waals surface area contributed by atoms with Crippen LogP contribution >= 0.6 is 0 Å². The van der Waals surface area contributed by atoms with Gasteiger partial charge in [0.15, 0.2) is 8.32 Å². The molecule has 1 nitrogen and oxygen atoms in total. The van der Waals surface area contributed by atoms with E-state index < -0.39 is 8.32 Å². The van der Waals surface area contributed by atoms with E-state index in [1.807, 2.05) is 0 Å². The summed E-state index contributed by atoms with van der Waals surface area (Å²) in [5.41, 5.74) is 2.11. The van der Waals surface area contributed by atoms with Crippen LogP contribution < -0.4 is 0 Å². The fourth-order valence-corrected chi connectivity index (χ4v) is 5.97. The maximum absolute atomic E-state index is 6.86. The van der Waals surface area contributed by atoms with Crippen LogP contribution in [0.1, 0.15) is 59.8 Å². The van der Waals surface area contributed by atoms with Gasteiger partial charge in [0.25, 0.3) is 0 Å². The molecule has 2 aliphatic carbocycles. The summed E-state index contributed by atoms with van der Waals surface area (Å²) >= 11 is 0. The van der Waals surface area contributed by atoms with E-state index in [2.05, 4.69) is 53.4 Å². The number of hydrogen-bond donors (Lipinski definition) is 0. The van der Waals surface area contributed by atoms with Gasteiger partial charge >= 0.3 is 0 Å². The molecule has 0 aromatic carbocycles. The van der Waals surface area contributed by atoms with Gasteiger partial charge in [-0.3, -0.25) is 0 Å². The molecule has 0 aromatic rings. The van der Waals surface area contributed by atoms with Crippen molar-refractivity contribution in [1.82, 2.24) is 0 Å². The second-order valence-corrected chi connectivity index (χ2v) is 13.6. The monoisotopic (exact) mass is 294 g/mol. The Morgan fingerprint density at radius 3 is 2.50 bits per heavy atom. The van der Waals surface area contributed by atoms with Gasteiger partial charge < -0.3 is 4.43 Å². The van der Waals surface area contributed by atoms with E-state index in [0.717, 1.165) is 11.8 Å². The average Bonchev–Trinajstić information content (AvgIpc) is 2.51. The topological polar surface area (TPSA) is 9.23 Å². The van der Waals surface area contributed by atoms with Crippen molar-refractivity contribution in [2.75, 3.05) is 0 Å². The number of allylic oxidation sites excluding steroid dienone is 1. The van der Waals surface area contributed by atoms with Crippen molar-refractivity contribution in [3.05, 3.63) is 11.6 Å². The van der Waals surface area contributed by atoms with Crippen molar-refractivity contribution in [3.8, 4) is 0 Å². The molecule has 0 heterocycles. The zero-order valence-electron chi connectivity index (χ0n) is 14.7. The van der Waals surface area contributed by atoms with Crippen molar-refractivity contribution in [2.24, 2.45) is 17.3 Å². The third-order valence-corrected chi connectivity index (χ3v) is 6.27. The van der Waals surface area contributed by atoms with E-state index in [4.69, 9.17) is 4.43 Å². The first-order valence-corrected chi connectivity index (χ1v) is 11.8. The minimum atomic E-state index is -1.51. The van der Waals surface area contributed by atoms with Gasteiger partial charge in [-0.15, -0.1) is 0 Å². The molecule has 116 valence electrons. The van der Waals surface area contributed by atoms with Gasteiger partial charge in [0.05, 0.1) is 5.60 Å². The Morgan fingerprint density at radius 2 is 1.90 bits per heavy atom. The minimum absolute atomic E-state index is 0.141. The fourth-order valence-electron chi connectivity index (χ4n) is 4.43. The summed E-state index contributed by atoms with van der Waals surface area (Å²) in [4.78, 5) is 0. The minimum Gasteiger partial charge on any atom is -0.412 e. The van der Waals surface area contributed by atoms with Crippen LogP contribution in [0.15, 0.2) is 11.6 Å². The molecule has 0 aromatic heterocycles. The lowest BCUT2D eigenvalue weighted by Crippen LogP contribution is -2.48. The van der Waals surface area contributed by atoms with Crippen LogP contribution in [-0.2, 0) is 4.43 Å². The van der Waals surface area contributed by atoms with Crippen molar-refractivity contribution in [3.63, 3.8) is 0 Å². The van der Waals surface area contributed by atoms with Crippen molar-refractivity contribution >= 4 is 8.32 Å². The smallest absolute Gasteiger partial charge is 0.184 e. The van der Waals surface area contributed by atoms with Crippen LogP contribution in [0.4, 0.5) is 0 Å². The van der Waals surface area contributed by atoms with Crippen LogP contribution in [0.2, 0.25) is 19.6 Å². The zero-order chi connectivity index (χ0) is 15.2. The lowest BCUT2D eigenvalue weighted by atomic mass is 9.69. The molecule has 0 unspecified atom stereocenters. The van der Waals surface area contributed by atoms with Crippen LogP contribution in [0.3, 0.4) is 0 Å². The van der Waals surface area contributed by atoms with Crippen molar-refractivity contribution in [1.29, 1.82) is 0 Å². The predicted octanol–water partition coefficient (Wildman–Crippen LogP) is 5.78. The van der Waals surface area contributed by atoms with E-state index in [1.165, 1.54) is 32.1 Å². The predicted molar refractivity (Wildman–Crippen MR) is 90.4 cm³/mol. The van der Waals surface area contributed by atoms with Gasteiger partial charge in [-0.25, -0.2) is 0 Å². The highest BCUT2D eigenvalue weighted by molar-refractivity contribution is 6.69. The Morgan fingerprint density at radius 1 is 1.25 bits per heavy atom. The molecule has 2 rings (SSSR count). The van der Waals surface area contributed by atoms with Crippen LogP contribution in [-0.4, -0.2) is 13.9 Å². The Balaban J connectivity index is 2.38. The summed E-state index contributed by atoms with van der Waals surface area (Å²) in [6.45, 7) is 16.7. The molecular weight excluding hydrogens is 260 g/mol. The first-order chi connectivity index (χ1) is 9.03. The van der Waals surface area contributed by atoms with E-state index in [-0.39, 0.29) is 5.60 Å². The second-order valence-electron chi connectivity index (χ2n) is 9.20. The highest BCUT2D eigenvalue weighted by atomic mass is 28.4. The summed E-state index contributed by atoms with van der Waals surface area (Å²) in [7, 11) is -1.51. The molecular formula is C18H34OSi. The van der Waals surface area contributed by atoms with Crippen LogP contribution in [0, 0.1) is 17.3 Å². The molecule has 1 fully saturated rings. The third kappa shape index (κ3) is 3.57. The fraction of sp³-hybridized carbons (Fsp3) is 0.889. The molecule has 20 heavy (non-hydrogen) atoms. The summed E-state index contributed by atoms with van der Waals surface area (Å²) in [5.74, 6) is 1.56. The SMILES string of the molecule is C/C1=C/CC(C)(C)C[C@H]2[C@H](C)CC[C@]2(O[Si](C)(C)C)C1. The van der Waals surface area contributed by atoms with Gasteiger partial charge in [-0.2, -0.15) is 0 Å². The average molecular weight is 295 g/mol. The highest BCUT2D eigenvalue weighted by Crippen LogP contribution is 2.53. The first-order valence-electron chi connectivity index (χ1n) is 8.39. The van der Waals surface area contributed by atoms with Gasteiger partial charge in [-0.1, -0.05) is 32.4 Å². The second kappa shape index (κ2) is 5.28. The Hall–Kier alpha value is -0.0831. The molecule has 0 amide bonds. The van der Waals surface area contributed by atoms with Gasteiger partial charge in [0, 0.05) is 0 Å². The molecule has 0 N–H and O–H groups in total. The van der Waals surface area contributed by atoms with E-state index in [1.54, 1.807) is 5.57 Å². The van der Waals surface area contributed by atoms with Gasteiger partial charge in [0.2, 0.25) is 0 Å². The zero-order valence-corrected chi connectivity index (χ0v) is 15.7. The molecule has 0 bridgehead atoms. The van der Waals surface area contributed by atoms with Crippen molar-refractivity contribution in [2.45, 2.75) is 85.0 Å². The standard InChI is InChI=1S/C18H34OSi/c1-14-8-10-17(3,4)13-16-15(2)9-11-18(16,12-14)19-20(5,6)7/h8,15-16H,9-13H2,1-7H3/b14-8-/t15-,16+,18+/m1/s1. The summed E-state index contributed by atoms with van der Waals surface area (Å²) in [6, 6.07) is 0. The molecule has 0 radical (unpaired) electrons. The third-order valence-electron chi connectivity index (χ3n) is 5.25. The molecule has 0 aliphatic heterocycles. The Kier molecular flexibility index (Phi) is 4.30. The summed E-state index contributed by atoms with van der Waals surface area (Å²) in [5, 5.41) is 0. The van der Waals surface area contributed by atoms with Gasteiger partial charge in [0.1, 0.15) is 0 Å². The normalized spacial score (nSPS) is 40.5. The van der Waals surface area contributed by atoms with Gasteiger partial charge in [-0.05, 0) is 75.9 Å². The first kappa shape index (κ1) is 16.3. The molecule has 3 atom stereocenters. The lowest BCUT2D eigenvalue weighted by Gasteiger charge is -2.46. The molecule has 0 saturated heterocycles. The largest absolute Gasteiger partial charge is 0.412 e. The number of hydrogen-bond acceptors (Lipinski definition) is 1. The van der Waals surface area contributed by atoms with Crippen LogP contribution in [0.5, 0.6) is 0 Å². The molecule has 0 spiro atoms. The van der Waals surface area contributed by atoms with E-state index in [0.29, 0.717) is 5.41 Å². The molecule has 1 saturated carbocycles. The maximum Gasteiger partial charge on any atom is 0.184 e. The van der Waals surface area contributed by atoms with E-state index >= 15 is 0 Å². The van der Waals surface area contributed by atoms with Crippen LogP contribution in [0.25, 0.3) is 0 Å². The maximum atomic E-state index is 6.86. The molecule has 2 heteroatoms. The number of rotatable bonds is 2. The van der Waals surface area contributed by atoms with E-state index in [9.17, 15) is 0 Å². The summed E-state index contributed by atoms with van der Waals surface area (Å²) in [6.07, 6.45) is 8.81.